The lowest BCUT2D eigenvalue weighted by molar-refractivity contribution is -0.116. The first-order valence-corrected chi connectivity index (χ1v) is 8.43. The quantitative estimate of drug-likeness (QED) is 0.517. The largest absolute Gasteiger partial charge is 0.400 e. The highest BCUT2D eigenvalue weighted by atomic mass is 32.2. The maximum atomic E-state index is 11.9. The minimum absolute atomic E-state index is 0.0533. The van der Waals surface area contributed by atoms with Gasteiger partial charge in [0.05, 0.1) is 6.20 Å². The third kappa shape index (κ3) is 4.45. The van der Waals surface area contributed by atoms with Crippen molar-refractivity contribution in [1.82, 2.24) is 15.4 Å². The molecule has 2 heterocycles. The van der Waals surface area contributed by atoms with Crippen LogP contribution in [0.4, 0.5) is 6.01 Å². The maximum absolute atomic E-state index is 11.9. The van der Waals surface area contributed by atoms with Gasteiger partial charge in [-0.05, 0) is 31.2 Å². The number of anilines is 1. The van der Waals surface area contributed by atoms with Gasteiger partial charge in [0.1, 0.15) is 0 Å². The number of nitrogens with zero attached hydrogens (tertiary/aromatic N) is 3. The van der Waals surface area contributed by atoms with Crippen molar-refractivity contribution in [3.8, 4) is 11.7 Å². The number of rotatable bonds is 7. The fourth-order valence-electron chi connectivity index (χ4n) is 1.94. The number of carbonyl (C=O) groups is 1. The Morgan fingerprint density at radius 3 is 2.79 bits per heavy atom. The molecule has 0 saturated heterocycles. The Balaban J connectivity index is 1.40. The standard InChI is InChI=1S/C16H16N4O3S/c1-11-4-6-12(7-5-11)24-10-2-3-14(21)18-16-20-19-15(22-16)13-8-9-17-23-13/h4-9H,2-3,10H2,1H3,(H,18,20,21). The molecule has 124 valence electrons. The van der Waals surface area contributed by atoms with Crippen LogP contribution in [0.25, 0.3) is 11.7 Å². The predicted molar refractivity (Wildman–Crippen MR) is 89.6 cm³/mol. The predicted octanol–water partition coefficient (Wildman–Crippen LogP) is 3.54. The molecule has 1 amide bonds. The Bertz CT molecular complexity index is 784. The second-order valence-electron chi connectivity index (χ2n) is 5.10. The van der Waals surface area contributed by atoms with Crippen LogP contribution < -0.4 is 5.32 Å². The molecule has 0 atom stereocenters. The summed E-state index contributed by atoms with van der Waals surface area (Å²) in [6, 6.07) is 9.99. The van der Waals surface area contributed by atoms with Gasteiger partial charge in [-0.25, -0.2) is 0 Å². The van der Waals surface area contributed by atoms with Crippen LogP contribution in [0.1, 0.15) is 18.4 Å². The smallest absolute Gasteiger partial charge is 0.322 e. The third-order valence-electron chi connectivity index (χ3n) is 3.16. The topological polar surface area (TPSA) is 94.1 Å². The summed E-state index contributed by atoms with van der Waals surface area (Å²) in [6.45, 7) is 2.06. The van der Waals surface area contributed by atoms with E-state index in [1.165, 1.54) is 16.7 Å². The average molecular weight is 344 g/mol. The average Bonchev–Trinajstić information content (AvgIpc) is 3.24. The lowest BCUT2D eigenvalue weighted by Gasteiger charge is -2.02. The van der Waals surface area contributed by atoms with E-state index in [0.717, 1.165) is 12.2 Å². The number of carbonyl (C=O) groups excluding carboxylic acids is 1. The second-order valence-corrected chi connectivity index (χ2v) is 6.27. The van der Waals surface area contributed by atoms with Crippen LogP contribution in [0.15, 0.2) is 50.4 Å². The molecule has 0 saturated carbocycles. The molecule has 0 bridgehead atoms. The van der Waals surface area contributed by atoms with Crippen molar-refractivity contribution in [3.63, 3.8) is 0 Å². The molecular formula is C16H16N4O3S. The minimum atomic E-state index is -0.160. The number of hydrogen-bond donors (Lipinski definition) is 1. The summed E-state index contributed by atoms with van der Waals surface area (Å²) >= 11 is 1.73. The Morgan fingerprint density at radius 2 is 2.04 bits per heavy atom. The fraction of sp³-hybridized carbons (Fsp3) is 0.250. The number of aromatic nitrogens is 3. The molecule has 0 radical (unpaired) electrons. The second kappa shape index (κ2) is 7.78. The van der Waals surface area contributed by atoms with Gasteiger partial charge in [-0.1, -0.05) is 28.0 Å². The number of thioether (sulfide) groups is 1. The van der Waals surface area contributed by atoms with Crippen molar-refractivity contribution in [2.75, 3.05) is 11.1 Å². The summed E-state index contributed by atoms with van der Waals surface area (Å²) in [5.41, 5.74) is 1.24. The molecule has 7 nitrogen and oxygen atoms in total. The zero-order valence-corrected chi connectivity index (χ0v) is 13.9. The molecule has 1 aromatic carbocycles. The third-order valence-corrected chi connectivity index (χ3v) is 4.26. The molecule has 8 heteroatoms. The van der Waals surface area contributed by atoms with Crippen molar-refractivity contribution in [1.29, 1.82) is 0 Å². The summed E-state index contributed by atoms with van der Waals surface area (Å²) in [5.74, 6) is 1.24. The first kappa shape index (κ1) is 16.3. The highest BCUT2D eigenvalue weighted by Crippen LogP contribution is 2.21. The summed E-state index contributed by atoms with van der Waals surface area (Å²) in [6.07, 6.45) is 2.62. The number of benzene rings is 1. The first-order valence-electron chi connectivity index (χ1n) is 7.44. The molecule has 24 heavy (non-hydrogen) atoms. The summed E-state index contributed by atoms with van der Waals surface area (Å²) in [7, 11) is 0. The van der Waals surface area contributed by atoms with Crippen LogP contribution in [-0.4, -0.2) is 27.0 Å². The normalized spacial score (nSPS) is 10.7. The molecular weight excluding hydrogens is 328 g/mol. The van der Waals surface area contributed by atoms with Gasteiger partial charge in [0.2, 0.25) is 11.7 Å². The van der Waals surface area contributed by atoms with Gasteiger partial charge < -0.3 is 8.94 Å². The number of hydrogen-bond acceptors (Lipinski definition) is 7. The van der Waals surface area contributed by atoms with E-state index in [9.17, 15) is 4.79 Å². The van der Waals surface area contributed by atoms with E-state index >= 15 is 0 Å². The summed E-state index contributed by atoms with van der Waals surface area (Å²) < 4.78 is 10.2. The zero-order chi connectivity index (χ0) is 16.8. The molecule has 0 aliphatic rings. The Hall–Kier alpha value is -2.61. The van der Waals surface area contributed by atoms with Crippen LogP contribution in [0, 0.1) is 6.92 Å². The highest BCUT2D eigenvalue weighted by Gasteiger charge is 2.13. The van der Waals surface area contributed by atoms with Gasteiger partial charge >= 0.3 is 6.01 Å². The number of aryl methyl sites for hydroxylation is 1. The Morgan fingerprint density at radius 1 is 1.21 bits per heavy atom. The van der Waals surface area contributed by atoms with E-state index in [1.54, 1.807) is 17.8 Å². The van der Waals surface area contributed by atoms with Gasteiger partial charge in [0.15, 0.2) is 0 Å². The van der Waals surface area contributed by atoms with Crippen molar-refractivity contribution >= 4 is 23.7 Å². The molecule has 1 N–H and O–H groups in total. The van der Waals surface area contributed by atoms with Crippen LogP contribution in [0.3, 0.4) is 0 Å². The molecule has 0 unspecified atom stereocenters. The SMILES string of the molecule is Cc1ccc(SCCCC(=O)Nc2nnc(-c3ccno3)o2)cc1. The summed E-state index contributed by atoms with van der Waals surface area (Å²) in [4.78, 5) is 13.1. The van der Waals surface area contributed by atoms with E-state index in [0.29, 0.717) is 12.2 Å². The molecule has 2 aromatic heterocycles. The van der Waals surface area contributed by atoms with Crippen molar-refractivity contribution in [2.45, 2.75) is 24.7 Å². The lowest BCUT2D eigenvalue weighted by atomic mass is 10.2. The van der Waals surface area contributed by atoms with E-state index in [-0.39, 0.29) is 17.8 Å². The van der Waals surface area contributed by atoms with Gasteiger partial charge in [-0.2, -0.15) is 0 Å². The molecule has 3 rings (SSSR count). The molecule has 0 aliphatic carbocycles. The Labute approximate surface area is 142 Å². The minimum Gasteiger partial charge on any atom is -0.400 e. The van der Waals surface area contributed by atoms with E-state index < -0.39 is 0 Å². The fourth-order valence-corrected chi connectivity index (χ4v) is 2.79. The maximum Gasteiger partial charge on any atom is 0.322 e. The van der Waals surface area contributed by atoms with E-state index in [2.05, 4.69) is 51.9 Å². The van der Waals surface area contributed by atoms with Crippen LogP contribution in [-0.2, 0) is 4.79 Å². The van der Waals surface area contributed by atoms with Crippen LogP contribution in [0.2, 0.25) is 0 Å². The summed E-state index contributed by atoms with van der Waals surface area (Å²) in [5, 5.41) is 13.7. The molecule has 0 fully saturated rings. The van der Waals surface area contributed by atoms with Gasteiger partial charge in [-0.3, -0.25) is 10.1 Å². The monoisotopic (exact) mass is 344 g/mol. The Kier molecular flexibility index (Phi) is 5.27. The van der Waals surface area contributed by atoms with Gasteiger partial charge in [0, 0.05) is 17.4 Å². The molecule has 0 aliphatic heterocycles. The first-order chi connectivity index (χ1) is 11.7. The van der Waals surface area contributed by atoms with Gasteiger partial charge in [0.25, 0.3) is 5.89 Å². The highest BCUT2D eigenvalue weighted by molar-refractivity contribution is 7.99. The lowest BCUT2D eigenvalue weighted by Crippen LogP contribution is -2.11. The van der Waals surface area contributed by atoms with Crippen molar-refractivity contribution < 1.29 is 13.7 Å². The van der Waals surface area contributed by atoms with Crippen LogP contribution >= 0.6 is 11.8 Å². The van der Waals surface area contributed by atoms with Crippen molar-refractivity contribution in [3.05, 3.63) is 42.1 Å². The number of amides is 1. The molecule has 0 spiro atoms. The van der Waals surface area contributed by atoms with E-state index in [1.807, 2.05) is 0 Å². The van der Waals surface area contributed by atoms with E-state index in [4.69, 9.17) is 8.94 Å². The number of nitrogens with one attached hydrogen (secondary N) is 1. The van der Waals surface area contributed by atoms with Gasteiger partial charge in [-0.15, -0.1) is 16.9 Å². The molecule has 3 aromatic rings. The van der Waals surface area contributed by atoms with Crippen molar-refractivity contribution in [2.24, 2.45) is 0 Å². The van der Waals surface area contributed by atoms with Crippen LogP contribution in [0.5, 0.6) is 0 Å². The zero-order valence-electron chi connectivity index (χ0n) is 13.1.